The van der Waals surface area contributed by atoms with Gasteiger partial charge in [-0.3, -0.25) is 0 Å². The van der Waals surface area contributed by atoms with Crippen LogP contribution in [0.5, 0.6) is 0 Å². The molecular formula is C14H22N4O2. The first-order valence-corrected chi connectivity index (χ1v) is 6.86. The molecule has 0 radical (unpaired) electrons. The molecular weight excluding hydrogens is 256 g/mol. The second-order valence-corrected chi connectivity index (χ2v) is 6.10. The molecule has 1 N–H and O–H groups in total. The average molecular weight is 278 g/mol. The molecule has 1 fully saturated rings. The predicted octanol–water partition coefficient (Wildman–Crippen LogP) is 1.89. The zero-order chi connectivity index (χ0) is 14.8. The molecule has 0 aliphatic carbocycles. The molecule has 0 bridgehead atoms. The summed E-state index contributed by atoms with van der Waals surface area (Å²) >= 11 is 0. The maximum absolute atomic E-state index is 11.7. The van der Waals surface area contributed by atoms with E-state index in [1.807, 2.05) is 33.8 Å². The van der Waals surface area contributed by atoms with Crippen LogP contribution < -0.4 is 10.2 Å². The van der Waals surface area contributed by atoms with Crippen molar-refractivity contribution in [2.45, 2.75) is 45.8 Å². The van der Waals surface area contributed by atoms with E-state index < -0.39 is 5.60 Å². The molecule has 1 aliphatic rings. The van der Waals surface area contributed by atoms with Gasteiger partial charge in [-0.15, -0.1) is 0 Å². The molecule has 1 amide bonds. The van der Waals surface area contributed by atoms with E-state index in [-0.39, 0.29) is 12.1 Å². The average Bonchev–Trinajstić information content (AvgIpc) is 2.74. The Bertz CT molecular complexity index is 484. The molecule has 6 nitrogen and oxygen atoms in total. The Labute approximate surface area is 119 Å². The van der Waals surface area contributed by atoms with Crippen molar-refractivity contribution in [2.75, 3.05) is 18.0 Å². The lowest BCUT2D eigenvalue weighted by Gasteiger charge is -2.22. The largest absolute Gasteiger partial charge is 0.444 e. The molecule has 1 aromatic rings. The minimum absolute atomic E-state index is 0.0973. The third-order valence-corrected chi connectivity index (χ3v) is 3.02. The molecule has 6 heteroatoms. The number of ether oxygens (including phenoxy) is 1. The third-order valence-electron chi connectivity index (χ3n) is 3.02. The molecule has 1 aliphatic heterocycles. The third kappa shape index (κ3) is 4.08. The van der Waals surface area contributed by atoms with Crippen LogP contribution in [0.2, 0.25) is 0 Å². The number of carbonyl (C=O) groups is 1. The zero-order valence-electron chi connectivity index (χ0n) is 12.5. The molecule has 0 aromatic carbocycles. The fourth-order valence-corrected chi connectivity index (χ4v) is 2.17. The monoisotopic (exact) mass is 278 g/mol. The molecule has 0 unspecified atom stereocenters. The molecule has 0 saturated carbocycles. The van der Waals surface area contributed by atoms with Crippen molar-refractivity contribution in [3.8, 4) is 0 Å². The number of rotatable bonds is 2. The van der Waals surface area contributed by atoms with E-state index in [9.17, 15) is 4.79 Å². The Morgan fingerprint density at radius 1 is 1.45 bits per heavy atom. The number of aryl methyl sites for hydroxylation is 1. The van der Waals surface area contributed by atoms with E-state index in [1.165, 1.54) is 0 Å². The Kier molecular flexibility index (Phi) is 4.11. The van der Waals surface area contributed by atoms with Crippen LogP contribution in [0.25, 0.3) is 0 Å². The van der Waals surface area contributed by atoms with Crippen LogP contribution in [0.1, 0.15) is 32.9 Å². The summed E-state index contributed by atoms with van der Waals surface area (Å²) in [5.74, 6) is 0.908. The second kappa shape index (κ2) is 5.64. The predicted molar refractivity (Wildman–Crippen MR) is 76.8 cm³/mol. The zero-order valence-corrected chi connectivity index (χ0v) is 12.5. The van der Waals surface area contributed by atoms with Gasteiger partial charge < -0.3 is 15.0 Å². The summed E-state index contributed by atoms with van der Waals surface area (Å²) in [4.78, 5) is 22.2. The van der Waals surface area contributed by atoms with Crippen molar-refractivity contribution >= 4 is 11.9 Å². The number of nitrogens with zero attached hydrogens (tertiary/aromatic N) is 3. The topological polar surface area (TPSA) is 67.4 Å². The number of carbonyl (C=O) groups excluding carboxylic acids is 1. The summed E-state index contributed by atoms with van der Waals surface area (Å²) in [5, 5.41) is 2.90. The Morgan fingerprint density at radius 3 is 2.85 bits per heavy atom. The van der Waals surface area contributed by atoms with E-state index in [1.54, 1.807) is 6.33 Å². The molecule has 110 valence electrons. The first kappa shape index (κ1) is 14.6. The van der Waals surface area contributed by atoms with E-state index in [0.29, 0.717) is 0 Å². The highest BCUT2D eigenvalue weighted by Crippen LogP contribution is 2.18. The number of hydrogen-bond donors (Lipinski definition) is 1. The highest BCUT2D eigenvalue weighted by atomic mass is 16.6. The molecule has 20 heavy (non-hydrogen) atoms. The summed E-state index contributed by atoms with van der Waals surface area (Å²) in [5.41, 5.74) is 0.477. The van der Waals surface area contributed by atoms with Crippen molar-refractivity contribution in [2.24, 2.45) is 0 Å². The van der Waals surface area contributed by atoms with Crippen LogP contribution >= 0.6 is 0 Å². The van der Waals surface area contributed by atoms with Gasteiger partial charge in [0.05, 0.1) is 6.04 Å². The number of anilines is 1. The minimum Gasteiger partial charge on any atom is -0.444 e. The Morgan fingerprint density at radius 2 is 2.20 bits per heavy atom. The number of hydrogen-bond acceptors (Lipinski definition) is 5. The van der Waals surface area contributed by atoms with Crippen molar-refractivity contribution in [3.63, 3.8) is 0 Å². The summed E-state index contributed by atoms with van der Waals surface area (Å²) in [6.45, 7) is 9.13. The maximum Gasteiger partial charge on any atom is 0.407 e. The number of nitrogens with one attached hydrogen (secondary N) is 1. The van der Waals surface area contributed by atoms with Crippen molar-refractivity contribution in [3.05, 3.63) is 18.1 Å². The first-order valence-electron chi connectivity index (χ1n) is 6.86. The minimum atomic E-state index is -0.466. The molecule has 1 atom stereocenters. The van der Waals surface area contributed by atoms with Gasteiger partial charge in [-0.25, -0.2) is 14.8 Å². The van der Waals surface area contributed by atoms with Crippen LogP contribution in [0.15, 0.2) is 12.4 Å². The maximum atomic E-state index is 11.7. The van der Waals surface area contributed by atoms with E-state index in [4.69, 9.17) is 4.74 Å². The number of alkyl carbamates (subject to hydrolysis) is 1. The van der Waals surface area contributed by atoms with Gasteiger partial charge in [0, 0.05) is 24.8 Å². The summed E-state index contributed by atoms with van der Waals surface area (Å²) in [7, 11) is 0. The van der Waals surface area contributed by atoms with E-state index >= 15 is 0 Å². The van der Waals surface area contributed by atoms with Gasteiger partial charge in [-0.1, -0.05) is 0 Å². The van der Waals surface area contributed by atoms with Crippen LogP contribution in [-0.4, -0.2) is 40.8 Å². The highest BCUT2D eigenvalue weighted by molar-refractivity contribution is 5.68. The number of amides is 1. The van der Waals surface area contributed by atoms with E-state index in [2.05, 4.69) is 20.2 Å². The first-order chi connectivity index (χ1) is 9.33. The van der Waals surface area contributed by atoms with Gasteiger partial charge in [0.1, 0.15) is 17.7 Å². The van der Waals surface area contributed by atoms with Crippen LogP contribution in [-0.2, 0) is 4.74 Å². The second-order valence-electron chi connectivity index (χ2n) is 6.10. The van der Waals surface area contributed by atoms with Gasteiger partial charge >= 0.3 is 6.09 Å². The van der Waals surface area contributed by atoms with Crippen LogP contribution in [0, 0.1) is 6.92 Å². The summed E-state index contributed by atoms with van der Waals surface area (Å²) in [6, 6.07) is 2.05. The van der Waals surface area contributed by atoms with Crippen LogP contribution in [0.3, 0.4) is 0 Å². The smallest absolute Gasteiger partial charge is 0.407 e. The summed E-state index contributed by atoms with van der Waals surface area (Å²) in [6.07, 6.45) is 2.10. The fourth-order valence-electron chi connectivity index (χ4n) is 2.17. The molecule has 1 aromatic heterocycles. The van der Waals surface area contributed by atoms with Gasteiger partial charge in [-0.05, 0) is 34.1 Å². The van der Waals surface area contributed by atoms with Gasteiger partial charge in [0.2, 0.25) is 0 Å². The lowest BCUT2D eigenvalue weighted by Crippen LogP contribution is -2.40. The quantitative estimate of drug-likeness (QED) is 0.894. The van der Waals surface area contributed by atoms with Gasteiger partial charge in [-0.2, -0.15) is 0 Å². The fraction of sp³-hybridized carbons (Fsp3) is 0.643. The normalized spacial score (nSPS) is 19.0. The SMILES string of the molecule is Cc1cc(N2CC[C@H](NC(=O)OC(C)(C)C)C2)ncn1. The lowest BCUT2D eigenvalue weighted by atomic mass is 10.2. The molecule has 2 rings (SSSR count). The van der Waals surface area contributed by atoms with Crippen LogP contribution in [0.4, 0.5) is 10.6 Å². The van der Waals surface area contributed by atoms with Crippen molar-refractivity contribution in [1.29, 1.82) is 0 Å². The van der Waals surface area contributed by atoms with Gasteiger partial charge in [0.15, 0.2) is 0 Å². The van der Waals surface area contributed by atoms with Crippen molar-refractivity contribution in [1.82, 2.24) is 15.3 Å². The lowest BCUT2D eigenvalue weighted by molar-refractivity contribution is 0.0509. The number of aromatic nitrogens is 2. The molecule has 1 saturated heterocycles. The molecule has 0 spiro atoms. The summed E-state index contributed by atoms with van der Waals surface area (Å²) < 4.78 is 5.27. The Balaban J connectivity index is 1.88. The molecule has 2 heterocycles. The standard InChI is InChI=1S/C14H22N4O2/c1-10-7-12(16-9-15-10)18-6-5-11(8-18)17-13(19)20-14(2,3)4/h7,9,11H,5-6,8H2,1-4H3,(H,17,19)/t11-/m0/s1. The van der Waals surface area contributed by atoms with E-state index in [0.717, 1.165) is 31.0 Å². The van der Waals surface area contributed by atoms with Crippen molar-refractivity contribution < 1.29 is 9.53 Å². The van der Waals surface area contributed by atoms with Gasteiger partial charge in [0.25, 0.3) is 0 Å². The highest BCUT2D eigenvalue weighted by Gasteiger charge is 2.26. The Hall–Kier alpha value is -1.85.